The zero-order valence-electron chi connectivity index (χ0n) is 9.30. The number of hydrogen-bond acceptors (Lipinski definition) is 2. The van der Waals surface area contributed by atoms with Gasteiger partial charge in [-0.2, -0.15) is 0 Å². The van der Waals surface area contributed by atoms with Crippen LogP contribution in [0.5, 0.6) is 0 Å². The van der Waals surface area contributed by atoms with Crippen LogP contribution in [-0.4, -0.2) is 25.0 Å². The Hall–Kier alpha value is -1.13. The van der Waals surface area contributed by atoms with Gasteiger partial charge in [-0.3, -0.25) is 4.79 Å². The van der Waals surface area contributed by atoms with Crippen LogP contribution < -0.4 is 10.6 Å². The fraction of sp³-hybridized carbons (Fsp3) is 0.417. The summed E-state index contributed by atoms with van der Waals surface area (Å²) in [6, 6.07) is 4.50. The lowest BCUT2D eigenvalue weighted by Crippen LogP contribution is -2.45. The van der Waals surface area contributed by atoms with Crippen LogP contribution in [0.1, 0.15) is 23.2 Å². The molecule has 2 rings (SSSR count). The van der Waals surface area contributed by atoms with E-state index in [1.165, 1.54) is 12.1 Å². The third kappa shape index (κ3) is 2.96. The Kier molecular flexibility index (Phi) is 3.97. The van der Waals surface area contributed by atoms with Crippen molar-refractivity contribution in [2.45, 2.75) is 18.9 Å². The maximum absolute atomic E-state index is 13.6. The third-order valence-corrected chi connectivity index (χ3v) is 3.12. The molecule has 1 saturated heterocycles. The highest BCUT2D eigenvalue weighted by Crippen LogP contribution is 2.18. The van der Waals surface area contributed by atoms with Crippen LogP contribution in [-0.2, 0) is 0 Å². The predicted molar refractivity (Wildman–Crippen MR) is 64.8 cm³/mol. The summed E-state index contributed by atoms with van der Waals surface area (Å²) in [5, 5.41) is 5.96. The molecule has 1 heterocycles. The molecular formula is C12H14ClFN2O. The molecule has 0 aromatic heterocycles. The van der Waals surface area contributed by atoms with Gasteiger partial charge in [0.1, 0.15) is 0 Å². The van der Waals surface area contributed by atoms with E-state index in [-0.39, 0.29) is 16.6 Å². The molecule has 92 valence electrons. The van der Waals surface area contributed by atoms with Crippen LogP contribution >= 0.6 is 11.6 Å². The lowest BCUT2D eigenvalue weighted by molar-refractivity contribution is 0.0926. The molecule has 0 unspecified atom stereocenters. The van der Waals surface area contributed by atoms with Crippen LogP contribution in [0.2, 0.25) is 5.02 Å². The van der Waals surface area contributed by atoms with Crippen LogP contribution in [0.3, 0.4) is 0 Å². The number of nitrogens with one attached hydrogen (secondary N) is 2. The number of amides is 1. The Morgan fingerprint density at radius 1 is 1.53 bits per heavy atom. The molecule has 3 nitrogen and oxygen atoms in total. The topological polar surface area (TPSA) is 41.1 Å². The third-order valence-electron chi connectivity index (χ3n) is 2.83. The average Bonchev–Trinajstić information content (AvgIpc) is 2.34. The van der Waals surface area contributed by atoms with Crippen LogP contribution in [0.15, 0.2) is 18.2 Å². The van der Waals surface area contributed by atoms with E-state index in [4.69, 9.17) is 11.6 Å². The first-order valence-electron chi connectivity index (χ1n) is 5.64. The summed E-state index contributed by atoms with van der Waals surface area (Å²) < 4.78 is 13.6. The van der Waals surface area contributed by atoms with Crippen molar-refractivity contribution in [3.05, 3.63) is 34.6 Å². The second kappa shape index (κ2) is 5.47. The molecule has 1 fully saturated rings. The van der Waals surface area contributed by atoms with Crippen molar-refractivity contribution < 1.29 is 9.18 Å². The second-order valence-electron chi connectivity index (χ2n) is 4.12. The Bertz CT molecular complexity index is 419. The average molecular weight is 257 g/mol. The molecule has 1 aromatic carbocycles. The van der Waals surface area contributed by atoms with E-state index in [9.17, 15) is 9.18 Å². The summed E-state index contributed by atoms with van der Waals surface area (Å²) in [5.74, 6) is -1.06. The molecule has 1 aliphatic heterocycles. The summed E-state index contributed by atoms with van der Waals surface area (Å²) in [6.07, 6.45) is 1.93. The molecule has 0 aliphatic carbocycles. The number of rotatable bonds is 2. The maximum atomic E-state index is 13.6. The molecule has 2 N–H and O–H groups in total. The summed E-state index contributed by atoms with van der Waals surface area (Å²) in [7, 11) is 0. The van der Waals surface area contributed by atoms with E-state index in [0.717, 1.165) is 25.9 Å². The maximum Gasteiger partial charge on any atom is 0.254 e. The van der Waals surface area contributed by atoms with Crippen molar-refractivity contribution in [2.24, 2.45) is 0 Å². The van der Waals surface area contributed by atoms with Gasteiger partial charge in [-0.25, -0.2) is 4.39 Å². The zero-order valence-corrected chi connectivity index (χ0v) is 10.1. The smallest absolute Gasteiger partial charge is 0.254 e. The van der Waals surface area contributed by atoms with Gasteiger partial charge in [0, 0.05) is 12.6 Å². The van der Waals surface area contributed by atoms with Crippen LogP contribution in [0, 0.1) is 5.82 Å². The fourth-order valence-electron chi connectivity index (χ4n) is 1.92. The molecule has 1 aliphatic rings. The molecular weight excluding hydrogens is 243 g/mol. The van der Waals surface area contributed by atoms with Crippen LogP contribution in [0.25, 0.3) is 0 Å². The van der Waals surface area contributed by atoms with Crippen molar-refractivity contribution in [1.82, 2.24) is 10.6 Å². The van der Waals surface area contributed by atoms with Gasteiger partial charge in [-0.1, -0.05) is 17.7 Å². The number of carbonyl (C=O) groups excluding carboxylic acids is 1. The first kappa shape index (κ1) is 12.3. The van der Waals surface area contributed by atoms with Gasteiger partial charge in [0.2, 0.25) is 0 Å². The van der Waals surface area contributed by atoms with Crippen molar-refractivity contribution in [3.63, 3.8) is 0 Å². The Morgan fingerprint density at radius 3 is 3.06 bits per heavy atom. The van der Waals surface area contributed by atoms with Crippen molar-refractivity contribution in [2.75, 3.05) is 13.1 Å². The van der Waals surface area contributed by atoms with E-state index in [0.29, 0.717) is 0 Å². The lowest BCUT2D eigenvalue weighted by Gasteiger charge is -2.23. The minimum absolute atomic E-state index is 0.00285. The van der Waals surface area contributed by atoms with Gasteiger partial charge in [-0.15, -0.1) is 0 Å². The van der Waals surface area contributed by atoms with Gasteiger partial charge < -0.3 is 10.6 Å². The highest BCUT2D eigenvalue weighted by atomic mass is 35.5. The number of benzene rings is 1. The molecule has 17 heavy (non-hydrogen) atoms. The molecule has 0 spiro atoms. The fourth-order valence-corrected chi connectivity index (χ4v) is 2.09. The van der Waals surface area contributed by atoms with Crippen molar-refractivity contribution >= 4 is 17.5 Å². The quantitative estimate of drug-likeness (QED) is 0.849. The summed E-state index contributed by atoms with van der Waals surface area (Å²) in [6.45, 7) is 1.70. The summed E-state index contributed by atoms with van der Waals surface area (Å²) in [5.41, 5.74) is 0.00285. The van der Waals surface area contributed by atoms with E-state index < -0.39 is 11.7 Å². The number of piperidine rings is 1. The van der Waals surface area contributed by atoms with E-state index in [2.05, 4.69) is 10.6 Å². The van der Waals surface area contributed by atoms with Crippen LogP contribution in [0.4, 0.5) is 4.39 Å². The lowest BCUT2D eigenvalue weighted by atomic mass is 10.1. The molecule has 1 atom stereocenters. The molecule has 0 radical (unpaired) electrons. The largest absolute Gasteiger partial charge is 0.348 e. The van der Waals surface area contributed by atoms with Gasteiger partial charge in [0.25, 0.3) is 5.91 Å². The molecule has 1 aromatic rings. The minimum atomic E-state index is -0.657. The standard InChI is InChI=1S/C12H14ClFN2O/c13-10-5-1-4-9(11(10)14)12(17)16-8-3-2-6-15-7-8/h1,4-5,8,15H,2-3,6-7H2,(H,16,17)/t8-/m1/s1. The molecule has 1 amide bonds. The van der Waals surface area contributed by atoms with E-state index >= 15 is 0 Å². The zero-order chi connectivity index (χ0) is 12.3. The summed E-state index contributed by atoms with van der Waals surface area (Å²) in [4.78, 5) is 11.8. The first-order valence-corrected chi connectivity index (χ1v) is 6.02. The Labute approximate surface area is 104 Å². The van der Waals surface area contributed by atoms with E-state index in [1.807, 2.05) is 0 Å². The molecule has 0 saturated carbocycles. The SMILES string of the molecule is O=C(N[C@@H]1CCCNC1)c1cccc(Cl)c1F. The van der Waals surface area contributed by atoms with Gasteiger partial charge in [0.05, 0.1) is 10.6 Å². The number of halogens is 2. The first-order chi connectivity index (χ1) is 8.18. The highest BCUT2D eigenvalue weighted by molar-refractivity contribution is 6.31. The Morgan fingerprint density at radius 2 is 2.35 bits per heavy atom. The highest BCUT2D eigenvalue weighted by Gasteiger charge is 2.19. The summed E-state index contributed by atoms with van der Waals surface area (Å²) >= 11 is 5.63. The van der Waals surface area contributed by atoms with Gasteiger partial charge in [-0.05, 0) is 31.5 Å². The second-order valence-corrected chi connectivity index (χ2v) is 4.53. The van der Waals surface area contributed by atoms with Crippen molar-refractivity contribution in [1.29, 1.82) is 0 Å². The minimum Gasteiger partial charge on any atom is -0.348 e. The molecule has 0 bridgehead atoms. The van der Waals surface area contributed by atoms with Gasteiger partial charge >= 0.3 is 0 Å². The van der Waals surface area contributed by atoms with Crippen molar-refractivity contribution in [3.8, 4) is 0 Å². The normalized spacial score (nSPS) is 20.0. The Balaban J connectivity index is 2.06. The van der Waals surface area contributed by atoms with Gasteiger partial charge in [0.15, 0.2) is 5.82 Å². The monoisotopic (exact) mass is 256 g/mol. The predicted octanol–water partition coefficient (Wildman–Crippen LogP) is 1.96. The number of hydrogen-bond donors (Lipinski definition) is 2. The molecule has 5 heteroatoms. The number of carbonyl (C=O) groups is 1. The van der Waals surface area contributed by atoms with E-state index in [1.54, 1.807) is 6.07 Å².